The predicted molar refractivity (Wildman–Crippen MR) is 118 cm³/mol. The molecule has 1 unspecified atom stereocenters. The normalized spacial score (nSPS) is 19.8. The van der Waals surface area contributed by atoms with E-state index in [2.05, 4.69) is 30.7 Å². The average Bonchev–Trinajstić information content (AvgIpc) is 3.37. The number of carbonyl (C=O) groups is 2. The van der Waals surface area contributed by atoms with Gasteiger partial charge in [-0.2, -0.15) is 5.10 Å². The maximum atomic E-state index is 12.9. The fourth-order valence-electron chi connectivity index (χ4n) is 4.39. The summed E-state index contributed by atoms with van der Waals surface area (Å²) in [5.41, 5.74) is 2.81. The van der Waals surface area contributed by atoms with E-state index in [9.17, 15) is 9.59 Å². The first-order chi connectivity index (χ1) is 14.9. The van der Waals surface area contributed by atoms with Crippen LogP contribution < -0.4 is 5.32 Å². The lowest BCUT2D eigenvalue weighted by molar-refractivity contribution is 0.0857. The van der Waals surface area contributed by atoms with Crippen LogP contribution in [0.15, 0.2) is 31.0 Å². The number of ketones is 1. The summed E-state index contributed by atoms with van der Waals surface area (Å²) in [5, 5.41) is 7.66. The van der Waals surface area contributed by atoms with E-state index in [-0.39, 0.29) is 23.2 Å². The molecule has 0 bridgehead atoms. The first kappa shape index (κ1) is 21.4. The SMILES string of the molecule is C=CCCc1nn(-c2ccc(C(=O)NCC3CCCO3)cn2)c2c1C(=O)CC(C)(C)C2. The van der Waals surface area contributed by atoms with Crippen LogP contribution in [-0.2, 0) is 17.6 Å². The molecule has 2 aliphatic rings. The second-order valence-corrected chi connectivity index (χ2v) is 9.20. The maximum absolute atomic E-state index is 12.9. The van der Waals surface area contributed by atoms with Gasteiger partial charge in [-0.1, -0.05) is 19.9 Å². The predicted octanol–water partition coefficient (Wildman–Crippen LogP) is 3.45. The summed E-state index contributed by atoms with van der Waals surface area (Å²) in [4.78, 5) is 29.8. The lowest BCUT2D eigenvalue weighted by Crippen LogP contribution is -2.31. The number of aromatic nitrogens is 3. The van der Waals surface area contributed by atoms with Gasteiger partial charge in [0.25, 0.3) is 5.91 Å². The molecule has 1 fully saturated rings. The summed E-state index contributed by atoms with van der Waals surface area (Å²) < 4.78 is 7.33. The molecule has 164 valence electrons. The van der Waals surface area contributed by atoms with Crippen LogP contribution in [0.1, 0.15) is 71.6 Å². The first-order valence-corrected chi connectivity index (χ1v) is 11.0. The lowest BCUT2D eigenvalue weighted by atomic mass is 9.75. The fraction of sp³-hybridized carbons (Fsp3) is 0.500. The van der Waals surface area contributed by atoms with Crippen molar-refractivity contribution in [3.63, 3.8) is 0 Å². The third kappa shape index (κ3) is 4.61. The molecule has 3 heterocycles. The number of rotatable bonds is 7. The largest absolute Gasteiger partial charge is 0.376 e. The van der Waals surface area contributed by atoms with Gasteiger partial charge in [0.15, 0.2) is 11.6 Å². The highest BCUT2D eigenvalue weighted by Crippen LogP contribution is 2.37. The number of hydrogen-bond acceptors (Lipinski definition) is 5. The molecule has 1 amide bonds. The summed E-state index contributed by atoms with van der Waals surface area (Å²) in [7, 11) is 0. The van der Waals surface area contributed by atoms with Crippen molar-refractivity contribution >= 4 is 11.7 Å². The molecule has 1 N–H and O–H groups in total. The summed E-state index contributed by atoms with van der Waals surface area (Å²) in [6.45, 7) is 9.26. The minimum absolute atomic E-state index is 0.0988. The van der Waals surface area contributed by atoms with Crippen LogP contribution in [0, 0.1) is 5.41 Å². The molecular weight excluding hydrogens is 392 g/mol. The molecule has 2 aromatic heterocycles. The van der Waals surface area contributed by atoms with Crippen LogP contribution in [-0.4, -0.2) is 45.7 Å². The molecule has 31 heavy (non-hydrogen) atoms. The zero-order chi connectivity index (χ0) is 22.0. The number of pyridine rings is 1. The highest BCUT2D eigenvalue weighted by atomic mass is 16.5. The highest BCUT2D eigenvalue weighted by Gasteiger charge is 2.36. The topological polar surface area (TPSA) is 86.1 Å². The first-order valence-electron chi connectivity index (χ1n) is 11.0. The zero-order valence-electron chi connectivity index (χ0n) is 18.3. The molecule has 2 aromatic rings. The highest BCUT2D eigenvalue weighted by molar-refractivity contribution is 6.00. The van der Waals surface area contributed by atoms with Gasteiger partial charge in [-0.25, -0.2) is 9.67 Å². The van der Waals surface area contributed by atoms with Crippen molar-refractivity contribution in [1.29, 1.82) is 0 Å². The smallest absolute Gasteiger partial charge is 0.252 e. The second kappa shape index (κ2) is 8.75. The molecular formula is C24H30N4O3. The molecule has 0 aromatic carbocycles. The van der Waals surface area contributed by atoms with Crippen molar-refractivity contribution in [2.45, 2.75) is 58.5 Å². The van der Waals surface area contributed by atoms with Crippen molar-refractivity contribution in [3.05, 3.63) is 53.5 Å². The standard InChI is InChI=1S/C24H30N4O3/c1-4-5-8-18-22-19(12-24(2,3)13-20(22)29)28(27-18)21-10-9-16(14-25-21)23(30)26-15-17-7-6-11-31-17/h4,9-10,14,17H,1,5-8,11-13,15H2,2-3H3,(H,26,30). The Morgan fingerprint density at radius 3 is 2.90 bits per heavy atom. The van der Waals surface area contributed by atoms with Gasteiger partial charge in [0, 0.05) is 25.8 Å². The van der Waals surface area contributed by atoms with Crippen LogP contribution >= 0.6 is 0 Å². The van der Waals surface area contributed by atoms with Gasteiger partial charge in [-0.05, 0) is 49.7 Å². The van der Waals surface area contributed by atoms with Crippen LogP contribution in [0.25, 0.3) is 5.82 Å². The Morgan fingerprint density at radius 1 is 1.39 bits per heavy atom. The van der Waals surface area contributed by atoms with Gasteiger partial charge >= 0.3 is 0 Å². The minimum atomic E-state index is -0.167. The molecule has 7 nitrogen and oxygen atoms in total. The van der Waals surface area contributed by atoms with E-state index in [1.165, 1.54) is 0 Å². The van der Waals surface area contributed by atoms with Crippen LogP contribution in [0.3, 0.4) is 0 Å². The Labute approximate surface area is 182 Å². The number of ether oxygens (including phenoxy) is 1. The van der Waals surface area contributed by atoms with Crippen LogP contribution in [0.4, 0.5) is 0 Å². The number of nitrogens with one attached hydrogen (secondary N) is 1. The molecule has 0 saturated carbocycles. The number of allylic oxidation sites excluding steroid dienone is 1. The monoisotopic (exact) mass is 422 g/mol. The van der Waals surface area contributed by atoms with E-state index < -0.39 is 0 Å². The Balaban J connectivity index is 1.58. The molecule has 7 heteroatoms. The molecule has 1 aliphatic carbocycles. The van der Waals surface area contributed by atoms with Gasteiger partial charge in [0.05, 0.1) is 28.6 Å². The quantitative estimate of drug-likeness (QED) is 0.691. The van der Waals surface area contributed by atoms with Gasteiger partial charge in [-0.3, -0.25) is 9.59 Å². The van der Waals surface area contributed by atoms with Gasteiger partial charge in [0.1, 0.15) is 0 Å². The molecule has 1 atom stereocenters. The Hall–Kier alpha value is -2.80. The molecule has 1 saturated heterocycles. The van der Waals surface area contributed by atoms with E-state index in [4.69, 9.17) is 9.84 Å². The van der Waals surface area contributed by atoms with Crippen LogP contribution in [0.5, 0.6) is 0 Å². The van der Waals surface area contributed by atoms with Crippen molar-refractivity contribution in [2.24, 2.45) is 5.41 Å². The van der Waals surface area contributed by atoms with E-state index in [0.29, 0.717) is 30.8 Å². The number of nitrogens with zero attached hydrogens (tertiary/aromatic N) is 3. The fourth-order valence-corrected chi connectivity index (χ4v) is 4.39. The Morgan fingerprint density at radius 2 is 2.23 bits per heavy atom. The summed E-state index contributed by atoms with van der Waals surface area (Å²) in [6.07, 6.45) is 8.22. The number of carbonyl (C=O) groups excluding carboxylic acids is 2. The number of fused-ring (bicyclic) bond motifs is 1. The molecule has 4 rings (SSSR count). The van der Waals surface area contributed by atoms with Crippen molar-refractivity contribution < 1.29 is 14.3 Å². The summed E-state index contributed by atoms with van der Waals surface area (Å²) in [5.74, 6) is 0.587. The summed E-state index contributed by atoms with van der Waals surface area (Å²) in [6, 6.07) is 3.54. The van der Waals surface area contributed by atoms with Crippen molar-refractivity contribution in [3.8, 4) is 5.82 Å². The van der Waals surface area contributed by atoms with E-state index >= 15 is 0 Å². The van der Waals surface area contributed by atoms with Crippen molar-refractivity contribution in [1.82, 2.24) is 20.1 Å². The van der Waals surface area contributed by atoms with E-state index in [1.807, 2.05) is 6.08 Å². The maximum Gasteiger partial charge on any atom is 0.252 e. The minimum Gasteiger partial charge on any atom is -0.376 e. The van der Waals surface area contributed by atoms with Crippen molar-refractivity contribution in [2.75, 3.05) is 13.2 Å². The molecule has 1 aliphatic heterocycles. The second-order valence-electron chi connectivity index (χ2n) is 9.20. The van der Waals surface area contributed by atoms with Gasteiger partial charge < -0.3 is 10.1 Å². The molecule has 0 spiro atoms. The van der Waals surface area contributed by atoms with Gasteiger partial charge in [0.2, 0.25) is 0 Å². The third-order valence-corrected chi connectivity index (χ3v) is 5.94. The Bertz CT molecular complexity index is 985. The summed E-state index contributed by atoms with van der Waals surface area (Å²) >= 11 is 0. The number of amides is 1. The van der Waals surface area contributed by atoms with Gasteiger partial charge in [-0.15, -0.1) is 6.58 Å². The molecule has 0 radical (unpaired) electrons. The number of Topliss-reactive ketones (excluding diaryl/α,β-unsaturated/α-hetero) is 1. The number of aryl methyl sites for hydroxylation is 1. The number of hydrogen-bond donors (Lipinski definition) is 1. The zero-order valence-corrected chi connectivity index (χ0v) is 18.3. The Kier molecular flexibility index (Phi) is 6.05. The van der Waals surface area contributed by atoms with E-state index in [0.717, 1.165) is 49.2 Å². The van der Waals surface area contributed by atoms with E-state index in [1.54, 1.807) is 23.0 Å². The van der Waals surface area contributed by atoms with Crippen LogP contribution in [0.2, 0.25) is 0 Å². The average molecular weight is 423 g/mol. The third-order valence-electron chi connectivity index (χ3n) is 5.94. The lowest BCUT2D eigenvalue weighted by Gasteiger charge is -2.29.